The van der Waals surface area contributed by atoms with Gasteiger partial charge in [-0.1, -0.05) is 23.8 Å². The largest absolute Gasteiger partial charge is 0.396 e. The van der Waals surface area contributed by atoms with E-state index >= 15 is 0 Å². The maximum atomic E-state index is 9.88. The lowest BCUT2D eigenvalue weighted by atomic mass is 9.96. The lowest BCUT2D eigenvalue weighted by Gasteiger charge is -2.26. The van der Waals surface area contributed by atoms with Gasteiger partial charge in [0, 0.05) is 45.9 Å². The van der Waals surface area contributed by atoms with Gasteiger partial charge in [-0.2, -0.15) is 0 Å². The summed E-state index contributed by atoms with van der Waals surface area (Å²) in [5.74, 6) is 1.02. The molecule has 3 rings (SSSR count). The van der Waals surface area contributed by atoms with Crippen molar-refractivity contribution in [1.82, 2.24) is 14.7 Å². The Morgan fingerprint density at radius 3 is 2.56 bits per heavy atom. The van der Waals surface area contributed by atoms with Crippen molar-refractivity contribution in [1.29, 1.82) is 0 Å². The molecule has 2 heterocycles. The van der Waals surface area contributed by atoms with E-state index in [0.29, 0.717) is 18.4 Å². The predicted octanol–water partition coefficient (Wildman–Crippen LogP) is 1.98. The Morgan fingerprint density at radius 1 is 1.00 bits per heavy atom. The Kier molecular flexibility index (Phi) is 6.50. The highest BCUT2D eigenvalue weighted by atomic mass is 16.3. The number of aliphatic hydroxyl groups excluding tert-OH is 1. The Bertz CT molecular complexity index is 562. The van der Waals surface area contributed by atoms with Crippen LogP contribution in [0.25, 0.3) is 0 Å². The molecule has 4 heteroatoms. The second-order valence-corrected chi connectivity index (χ2v) is 8.28. The standard InChI is InChI=1S/C21H35N3O/c1-17-5-6-19(18(2)11-17)12-24-14-20(21(15-24)16-25)13-23-8-4-7-22(3)9-10-23/h5-6,11,20-21,25H,4,7-10,12-16H2,1-3H3/t20-,21-/m1/s1. The van der Waals surface area contributed by atoms with E-state index in [1.54, 1.807) is 0 Å². The monoisotopic (exact) mass is 345 g/mol. The Labute approximate surface area is 153 Å². The molecule has 140 valence electrons. The van der Waals surface area contributed by atoms with E-state index in [1.807, 2.05) is 0 Å². The molecule has 25 heavy (non-hydrogen) atoms. The van der Waals surface area contributed by atoms with Gasteiger partial charge in [-0.25, -0.2) is 0 Å². The summed E-state index contributed by atoms with van der Waals surface area (Å²) in [5, 5.41) is 9.88. The number of likely N-dealkylation sites (tertiary alicyclic amines) is 1. The van der Waals surface area contributed by atoms with Gasteiger partial charge in [0.15, 0.2) is 0 Å². The number of hydrogen-bond donors (Lipinski definition) is 1. The lowest BCUT2D eigenvalue weighted by molar-refractivity contribution is 0.165. The fourth-order valence-corrected chi connectivity index (χ4v) is 4.46. The van der Waals surface area contributed by atoms with E-state index in [1.165, 1.54) is 49.3 Å². The molecule has 0 bridgehead atoms. The molecule has 0 unspecified atom stereocenters. The van der Waals surface area contributed by atoms with Crippen LogP contribution in [0.15, 0.2) is 18.2 Å². The third-order valence-electron chi connectivity index (χ3n) is 6.08. The quantitative estimate of drug-likeness (QED) is 0.884. The van der Waals surface area contributed by atoms with Gasteiger partial charge in [0.2, 0.25) is 0 Å². The number of hydrogen-bond acceptors (Lipinski definition) is 4. The average Bonchev–Trinajstić information content (AvgIpc) is 2.84. The van der Waals surface area contributed by atoms with Crippen molar-refractivity contribution in [3.05, 3.63) is 34.9 Å². The maximum Gasteiger partial charge on any atom is 0.0475 e. The van der Waals surface area contributed by atoms with Crippen LogP contribution in [0.1, 0.15) is 23.1 Å². The number of aliphatic hydroxyl groups is 1. The van der Waals surface area contributed by atoms with Crippen molar-refractivity contribution in [2.45, 2.75) is 26.8 Å². The van der Waals surface area contributed by atoms with Crippen LogP contribution < -0.4 is 0 Å². The van der Waals surface area contributed by atoms with Gasteiger partial charge in [-0.3, -0.25) is 4.90 Å². The first-order chi connectivity index (χ1) is 12.0. The SMILES string of the molecule is Cc1ccc(CN2C[C@@H](CN3CCCN(C)CC3)[C@@H](CO)C2)c(C)c1. The molecule has 2 saturated heterocycles. The van der Waals surface area contributed by atoms with Gasteiger partial charge < -0.3 is 14.9 Å². The second kappa shape index (κ2) is 8.63. The van der Waals surface area contributed by atoms with Crippen LogP contribution >= 0.6 is 0 Å². The minimum atomic E-state index is 0.321. The zero-order chi connectivity index (χ0) is 17.8. The van der Waals surface area contributed by atoms with Gasteiger partial charge in [0.25, 0.3) is 0 Å². The molecule has 2 aliphatic heterocycles. The van der Waals surface area contributed by atoms with Crippen LogP contribution in [0.4, 0.5) is 0 Å². The van der Waals surface area contributed by atoms with E-state index < -0.39 is 0 Å². The summed E-state index contributed by atoms with van der Waals surface area (Å²) in [6, 6.07) is 6.77. The summed E-state index contributed by atoms with van der Waals surface area (Å²) in [6.45, 7) is 13.7. The van der Waals surface area contributed by atoms with Crippen molar-refractivity contribution in [3.8, 4) is 0 Å². The third-order valence-corrected chi connectivity index (χ3v) is 6.08. The molecule has 1 aromatic rings. The van der Waals surface area contributed by atoms with Crippen LogP contribution in [-0.2, 0) is 6.54 Å². The fraction of sp³-hybridized carbons (Fsp3) is 0.714. The Balaban J connectivity index is 1.58. The number of likely N-dealkylation sites (N-methyl/N-ethyl adjacent to an activating group) is 1. The summed E-state index contributed by atoms with van der Waals surface area (Å²) in [7, 11) is 2.22. The first kappa shape index (κ1) is 18.8. The number of benzene rings is 1. The molecule has 2 fully saturated rings. The van der Waals surface area contributed by atoms with Gasteiger partial charge in [-0.15, -0.1) is 0 Å². The number of rotatable bonds is 5. The van der Waals surface area contributed by atoms with Crippen LogP contribution in [0.3, 0.4) is 0 Å². The zero-order valence-corrected chi connectivity index (χ0v) is 16.2. The van der Waals surface area contributed by atoms with Gasteiger partial charge in [-0.05, 0) is 63.4 Å². The van der Waals surface area contributed by atoms with Crippen LogP contribution in [0, 0.1) is 25.7 Å². The van der Waals surface area contributed by atoms with Gasteiger partial charge >= 0.3 is 0 Å². The van der Waals surface area contributed by atoms with Crippen LogP contribution in [0.5, 0.6) is 0 Å². The zero-order valence-electron chi connectivity index (χ0n) is 16.2. The molecule has 4 nitrogen and oxygen atoms in total. The Morgan fingerprint density at radius 2 is 1.80 bits per heavy atom. The molecular formula is C21H35N3O. The summed E-state index contributed by atoms with van der Waals surface area (Å²) in [5.41, 5.74) is 4.15. The van der Waals surface area contributed by atoms with E-state index in [0.717, 1.165) is 26.2 Å². The molecule has 2 aliphatic rings. The minimum absolute atomic E-state index is 0.321. The molecule has 0 radical (unpaired) electrons. The highest BCUT2D eigenvalue weighted by Crippen LogP contribution is 2.26. The summed E-state index contributed by atoms with van der Waals surface area (Å²) >= 11 is 0. The average molecular weight is 346 g/mol. The second-order valence-electron chi connectivity index (χ2n) is 8.28. The first-order valence-corrected chi connectivity index (χ1v) is 9.85. The van der Waals surface area contributed by atoms with Crippen LogP contribution in [0.2, 0.25) is 0 Å². The molecule has 1 aromatic carbocycles. The molecule has 0 spiro atoms. The van der Waals surface area contributed by atoms with Crippen molar-refractivity contribution < 1.29 is 5.11 Å². The molecule has 0 saturated carbocycles. The molecule has 1 N–H and O–H groups in total. The van der Waals surface area contributed by atoms with Crippen molar-refractivity contribution >= 4 is 0 Å². The van der Waals surface area contributed by atoms with Gasteiger partial charge in [0.05, 0.1) is 0 Å². The van der Waals surface area contributed by atoms with E-state index in [4.69, 9.17) is 0 Å². The topological polar surface area (TPSA) is 30.0 Å². The smallest absolute Gasteiger partial charge is 0.0475 e. The maximum absolute atomic E-state index is 9.88. The molecule has 2 atom stereocenters. The predicted molar refractivity (Wildman–Crippen MR) is 104 cm³/mol. The van der Waals surface area contributed by atoms with E-state index in [9.17, 15) is 5.11 Å². The van der Waals surface area contributed by atoms with Gasteiger partial charge in [0.1, 0.15) is 0 Å². The number of nitrogens with zero attached hydrogens (tertiary/aromatic N) is 3. The molecule has 0 aliphatic carbocycles. The number of aryl methyl sites for hydroxylation is 2. The van der Waals surface area contributed by atoms with E-state index in [-0.39, 0.29) is 0 Å². The molecular weight excluding hydrogens is 310 g/mol. The van der Waals surface area contributed by atoms with Crippen molar-refractivity contribution in [2.75, 3.05) is 59.5 Å². The highest BCUT2D eigenvalue weighted by molar-refractivity contribution is 5.30. The molecule has 0 aromatic heterocycles. The summed E-state index contributed by atoms with van der Waals surface area (Å²) < 4.78 is 0. The Hall–Kier alpha value is -0.940. The summed E-state index contributed by atoms with van der Waals surface area (Å²) in [4.78, 5) is 7.61. The van der Waals surface area contributed by atoms with Crippen LogP contribution in [-0.4, -0.2) is 79.3 Å². The highest BCUT2D eigenvalue weighted by Gasteiger charge is 2.33. The lowest BCUT2D eigenvalue weighted by Crippen LogP contribution is -2.36. The third kappa shape index (κ3) is 5.04. The van der Waals surface area contributed by atoms with Crippen molar-refractivity contribution in [3.63, 3.8) is 0 Å². The van der Waals surface area contributed by atoms with E-state index in [2.05, 4.69) is 53.8 Å². The normalized spacial score (nSPS) is 26.9. The molecule has 0 amide bonds. The summed E-state index contributed by atoms with van der Waals surface area (Å²) in [6.07, 6.45) is 1.26. The first-order valence-electron chi connectivity index (χ1n) is 9.85. The van der Waals surface area contributed by atoms with Crippen molar-refractivity contribution in [2.24, 2.45) is 11.8 Å². The fourth-order valence-electron chi connectivity index (χ4n) is 4.46. The minimum Gasteiger partial charge on any atom is -0.396 e.